The highest BCUT2D eigenvalue weighted by atomic mass is 16.4. The smallest absolute Gasteiger partial charge is 0.326 e. The molecule has 0 aromatic heterocycles. The molecule has 4 unspecified atom stereocenters. The van der Waals surface area contributed by atoms with Crippen molar-refractivity contribution in [1.82, 2.24) is 16.0 Å². The van der Waals surface area contributed by atoms with Gasteiger partial charge in [0.25, 0.3) is 0 Å². The summed E-state index contributed by atoms with van der Waals surface area (Å²) in [5, 5.41) is 41.7. The molecule has 0 bridgehead atoms. The van der Waals surface area contributed by atoms with Crippen LogP contribution in [0.1, 0.15) is 12.8 Å². The van der Waals surface area contributed by atoms with Gasteiger partial charge in [0.2, 0.25) is 23.6 Å². The summed E-state index contributed by atoms with van der Waals surface area (Å²) in [5.41, 5.74) is 10.1. The van der Waals surface area contributed by atoms with Crippen molar-refractivity contribution in [3.05, 3.63) is 0 Å². The molecule has 0 fully saturated rings. The Hall–Kier alpha value is -3.30. The predicted octanol–water partition coefficient (Wildman–Crippen LogP) is -5.81. The first-order chi connectivity index (χ1) is 13.4. The Labute approximate surface area is 163 Å². The summed E-state index contributed by atoms with van der Waals surface area (Å²) in [6.07, 6.45) is -1.68. The Balaban J connectivity index is 5.23. The lowest BCUT2D eigenvalue weighted by Crippen LogP contribution is -2.58. The Morgan fingerprint density at radius 1 is 0.724 bits per heavy atom. The first kappa shape index (κ1) is 25.7. The molecular weight excluding hydrogens is 398 g/mol. The average Bonchev–Trinajstić information content (AvgIpc) is 2.62. The van der Waals surface area contributed by atoms with Gasteiger partial charge in [0.1, 0.15) is 24.2 Å². The minimum absolute atomic E-state index is 0.760. The topological polar surface area (TPSA) is 271 Å². The number of carboxylic acid groups (broad SMARTS) is 2. The Bertz CT molecular complexity index is 655. The molecule has 0 heterocycles. The van der Waals surface area contributed by atoms with Crippen LogP contribution >= 0.6 is 0 Å². The van der Waals surface area contributed by atoms with E-state index in [1.807, 2.05) is 16.0 Å². The number of aliphatic hydroxyl groups excluding tert-OH is 2. The van der Waals surface area contributed by atoms with Crippen LogP contribution in [0.2, 0.25) is 0 Å². The standard InChI is InChI=1S/C14H23N5O10/c15-5(3-20)11(25)17-6(2-10(23)24)12(26)19-8(4-21)13(27)18-7(14(28)29)1-9(16)22/h5-8,20-21H,1-4,15H2,(H2,16,22)(H,17,25)(H,18,27)(H,19,26)(H,23,24)(H,28,29). The largest absolute Gasteiger partial charge is 0.481 e. The van der Waals surface area contributed by atoms with Crippen molar-refractivity contribution in [3.8, 4) is 0 Å². The molecule has 15 heteroatoms. The second-order valence-corrected chi connectivity index (χ2v) is 5.76. The van der Waals surface area contributed by atoms with Gasteiger partial charge in [-0.15, -0.1) is 0 Å². The number of carboxylic acids is 2. The fourth-order valence-electron chi connectivity index (χ4n) is 1.89. The van der Waals surface area contributed by atoms with Gasteiger partial charge in [-0.2, -0.15) is 0 Å². The number of hydrogen-bond donors (Lipinski definition) is 9. The summed E-state index contributed by atoms with van der Waals surface area (Å²) in [5.74, 6) is -7.60. The van der Waals surface area contributed by atoms with E-state index in [2.05, 4.69) is 0 Å². The van der Waals surface area contributed by atoms with Crippen molar-refractivity contribution in [3.63, 3.8) is 0 Å². The van der Waals surface area contributed by atoms with Crippen LogP contribution in [0, 0.1) is 0 Å². The van der Waals surface area contributed by atoms with Crippen molar-refractivity contribution in [2.75, 3.05) is 13.2 Å². The SMILES string of the molecule is NC(=O)CC(NC(=O)C(CO)NC(=O)C(CC(=O)O)NC(=O)C(N)CO)C(=O)O. The molecule has 0 aromatic carbocycles. The van der Waals surface area contributed by atoms with E-state index in [9.17, 15) is 33.9 Å². The molecule has 4 amide bonds. The highest BCUT2D eigenvalue weighted by Gasteiger charge is 2.31. The fourth-order valence-corrected chi connectivity index (χ4v) is 1.89. The highest BCUT2D eigenvalue weighted by molar-refractivity contribution is 5.96. The summed E-state index contributed by atoms with van der Waals surface area (Å²) in [7, 11) is 0. The molecule has 0 aliphatic rings. The molecule has 0 aliphatic carbocycles. The molecule has 164 valence electrons. The second kappa shape index (κ2) is 12.2. The number of carbonyl (C=O) groups is 6. The molecule has 29 heavy (non-hydrogen) atoms. The maximum atomic E-state index is 12.2. The normalized spacial score (nSPS) is 14.6. The summed E-state index contributed by atoms with van der Waals surface area (Å²) in [6.45, 7) is -1.81. The van der Waals surface area contributed by atoms with E-state index < -0.39 is 85.8 Å². The van der Waals surface area contributed by atoms with Crippen molar-refractivity contribution in [1.29, 1.82) is 0 Å². The van der Waals surface area contributed by atoms with Gasteiger partial charge >= 0.3 is 11.9 Å². The predicted molar refractivity (Wildman–Crippen MR) is 91.6 cm³/mol. The third-order valence-electron chi connectivity index (χ3n) is 3.38. The molecule has 0 radical (unpaired) electrons. The lowest BCUT2D eigenvalue weighted by Gasteiger charge is -2.23. The summed E-state index contributed by atoms with van der Waals surface area (Å²) in [6, 6.07) is -6.64. The zero-order valence-electron chi connectivity index (χ0n) is 15.0. The molecule has 0 saturated heterocycles. The molecular formula is C14H23N5O10. The van der Waals surface area contributed by atoms with E-state index in [-0.39, 0.29) is 0 Å². The van der Waals surface area contributed by atoms with Gasteiger partial charge in [-0.3, -0.25) is 24.0 Å². The monoisotopic (exact) mass is 421 g/mol. The first-order valence-corrected chi connectivity index (χ1v) is 8.04. The van der Waals surface area contributed by atoms with E-state index in [0.717, 1.165) is 0 Å². The van der Waals surface area contributed by atoms with Crippen molar-refractivity contribution in [2.24, 2.45) is 11.5 Å². The minimum Gasteiger partial charge on any atom is -0.481 e. The van der Waals surface area contributed by atoms with Gasteiger partial charge in [0, 0.05) is 0 Å². The Kier molecular flexibility index (Phi) is 10.8. The van der Waals surface area contributed by atoms with E-state index in [1.54, 1.807) is 0 Å². The van der Waals surface area contributed by atoms with E-state index >= 15 is 0 Å². The first-order valence-electron chi connectivity index (χ1n) is 8.04. The maximum Gasteiger partial charge on any atom is 0.326 e. The van der Waals surface area contributed by atoms with Gasteiger partial charge in [-0.25, -0.2) is 4.79 Å². The number of carbonyl (C=O) groups excluding carboxylic acids is 4. The lowest BCUT2D eigenvalue weighted by atomic mass is 10.1. The number of nitrogens with two attached hydrogens (primary N) is 2. The Morgan fingerprint density at radius 3 is 1.62 bits per heavy atom. The van der Waals surface area contributed by atoms with E-state index in [0.29, 0.717) is 0 Å². The van der Waals surface area contributed by atoms with E-state index in [4.69, 9.17) is 26.8 Å². The number of aliphatic hydroxyl groups is 2. The Morgan fingerprint density at radius 2 is 1.21 bits per heavy atom. The van der Waals surface area contributed by atoms with Crippen LogP contribution in [0.25, 0.3) is 0 Å². The molecule has 0 aliphatic heterocycles. The zero-order chi connectivity index (χ0) is 22.7. The van der Waals surface area contributed by atoms with E-state index in [1.165, 1.54) is 0 Å². The highest BCUT2D eigenvalue weighted by Crippen LogP contribution is 1.98. The van der Waals surface area contributed by atoms with Crippen LogP contribution in [-0.2, 0) is 28.8 Å². The van der Waals surface area contributed by atoms with Gasteiger partial charge in [0.05, 0.1) is 26.1 Å². The zero-order valence-corrected chi connectivity index (χ0v) is 15.0. The number of primary amides is 1. The molecule has 11 N–H and O–H groups in total. The van der Waals surface area contributed by atoms with Gasteiger partial charge in [0.15, 0.2) is 0 Å². The van der Waals surface area contributed by atoms with Crippen LogP contribution in [-0.4, -0.2) is 93.4 Å². The average molecular weight is 421 g/mol. The number of nitrogens with one attached hydrogen (secondary N) is 3. The quantitative estimate of drug-likeness (QED) is 0.135. The third-order valence-corrected chi connectivity index (χ3v) is 3.38. The van der Waals surface area contributed by atoms with Crippen LogP contribution in [0.4, 0.5) is 0 Å². The summed E-state index contributed by atoms with van der Waals surface area (Å²) in [4.78, 5) is 68.7. The molecule has 0 saturated carbocycles. The summed E-state index contributed by atoms with van der Waals surface area (Å²) >= 11 is 0. The molecule has 0 aromatic rings. The second-order valence-electron chi connectivity index (χ2n) is 5.76. The van der Waals surface area contributed by atoms with Crippen molar-refractivity contribution >= 4 is 35.6 Å². The van der Waals surface area contributed by atoms with Crippen molar-refractivity contribution < 1.29 is 49.2 Å². The molecule has 0 rings (SSSR count). The van der Waals surface area contributed by atoms with Gasteiger partial charge in [-0.05, 0) is 0 Å². The third kappa shape index (κ3) is 9.45. The fraction of sp³-hybridized carbons (Fsp3) is 0.571. The molecule has 15 nitrogen and oxygen atoms in total. The minimum atomic E-state index is -1.74. The molecule has 0 spiro atoms. The summed E-state index contributed by atoms with van der Waals surface area (Å²) < 4.78 is 0. The number of amides is 4. The van der Waals surface area contributed by atoms with Crippen LogP contribution in [0.3, 0.4) is 0 Å². The number of hydrogen-bond acceptors (Lipinski definition) is 9. The van der Waals surface area contributed by atoms with Crippen LogP contribution < -0.4 is 27.4 Å². The van der Waals surface area contributed by atoms with Crippen LogP contribution in [0.15, 0.2) is 0 Å². The molecule has 4 atom stereocenters. The number of rotatable bonds is 13. The van der Waals surface area contributed by atoms with Gasteiger partial charge in [-0.1, -0.05) is 0 Å². The van der Waals surface area contributed by atoms with Crippen molar-refractivity contribution in [2.45, 2.75) is 37.0 Å². The van der Waals surface area contributed by atoms with Crippen LogP contribution in [0.5, 0.6) is 0 Å². The lowest BCUT2D eigenvalue weighted by molar-refractivity contribution is -0.144. The van der Waals surface area contributed by atoms with Gasteiger partial charge < -0.3 is 47.8 Å². The maximum absolute atomic E-state index is 12.2. The number of aliphatic carboxylic acids is 2.